The van der Waals surface area contributed by atoms with Crippen molar-refractivity contribution in [1.82, 2.24) is 9.62 Å². The lowest BCUT2D eigenvalue weighted by Crippen LogP contribution is -2.34. The van der Waals surface area contributed by atoms with Crippen LogP contribution in [0.15, 0.2) is 11.4 Å². The highest BCUT2D eigenvalue weighted by molar-refractivity contribution is 7.89. The molecule has 1 aliphatic rings. The summed E-state index contributed by atoms with van der Waals surface area (Å²) in [7, 11) is -2.95. The van der Waals surface area contributed by atoms with Crippen molar-refractivity contribution < 1.29 is 8.42 Å². The highest BCUT2D eigenvalue weighted by Crippen LogP contribution is 2.23. The lowest BCUT2D eigenvalue weighted by atomic mass is 10.2. The minimum absolute atomic E-state index is 0.287. The van der Waals surface area contributed by atoms with Crippen LogP contribution in [0, 0.1) is 6.92 Å². The Morgan fingerprint density at radius 3 is 2.89 bits per heavy atom. The molecule has 1 atom stereocenters. The molecule has 0 spiro atoms. The largest absolute Gasteiger partial charge is 0.308 e. The summed E-state index contributed by atoms with van der Waals surface area (Å²) in [6.07, 6.45) is 0.766. The Bertz CT molecular complexity index is 496. The molecule has 0 unspecified atom stereocenters. The Morgan fingerprint density at radius 1 is 1.56 bits per heavy atom. The van der Waals surface area contributed by atoms with Crippen LogP contribution in [-0.2, 0) is 10.0 Å². The van der Waals surface area contributed by atoms with Gasteiger partial charge in [0.1, 0.15) is 0 Å². The molecule has 1 aliphatic heterocycles. The summed E-state index contributed by atoms with van der Waals surface area (Å²) in [6.45, 7) is 6.19. The average Bonchev–Trinajstić information content (AvgIpc) is 2.85. The van der Waals surface area contributed by atoms with E-state index in [1.807, 2.05) is 0 Å². The molecule has 0 amide bonds. The summed E-state index contributed by atoms with van der Waals surface area (Å²) in [4.78, 5) is 1.33. The highest BCUT2D eigenvalue weighted by atomic mass is 32.2. The molecule has 6 heteroatoms. The van der Waals surface area contributed by atoms with E-state index in [4.69, 9.17) is 0 Å². The van der Waals surface area contributed by atoms with Crippen LogP contribution in [0.3, 0.4) is 0 Å². The molecule has 4 nitrogen and oxygen atoms in total. The van der Waals surface area contributed by atoms with Crippen molar-refractivity contribution in [1.29, 1.82) is 0 Å². The van der Waals surface area contributed by atoms with E-state index in [9.17, 15) is 8.42 Å². The minimum Gasteiger partial charge on any atom is -0.308 e. The zero-order chi connectivity index (χ0) is 13.2. The van der Waals surface area contributed by atoms with Gasteiger partial charge in [0.25, 0.3) is 0 Å². The van der Waals surface area contributed by atoms with Gasteiger partial charge in [0.15, 0.2) is 0 Å². The number of hydrogen-bond donors (Lipinski definition) is 1. The molecular weight excluding hydrogens is 268 g/mol. The highest BCUT2D eigenvalue weighted by Gasteiger charge is 2.27. The molecule has 1 saturated heterocycles. The van der Waals surface area contributed by atoms with E-state index in [-0.39, 0.29) is 6.04 Å². The third kappa shape index (κ3) is 3.12. The van der Waals surface area contributed by atoms with Crippen molar-refractivity contribution in [3.63, 3.8) is 0 Å². The lowest BCUT2D eigenvalue weighted by Gasteiger charge is -2.17. The van der Waals surface area contributed by atoms with Gasteiger partial charge in [-0.1, -0.05) is 0 Å². The van der Waals surface area contributed by atoms with Crippen LogP contribution in [0.25, 0.3) is 0 Å². The van der Waals surface area contributed by atoms with Crippen LogP contribution >= 0.6 is 11.3 Å². The monoisotopic (exact) mass is 288 g/mol. The minimum atomic E-state index is -2.95. The van der Waals surface area contributed by atoms with Crippen molar-refractivity contribution in [3.8, 4) is 0 Å². The van der Waals surface area contributed by atoms with E-state index in [1.165, 1.54) is 10.4 Å². The van der Waals surface area contributed by atoms with Gasteiger partial charge in [-0.25, -0.2) is 12.7 Å². The number of nitrogens with one attached hydrogen (secondary N) is 1. The molecule has 0 bridgehead atoms. The molecular formula is C12H20N2O2S2. The molecule has 1 aromatic heterocycles. The fourth-order valence-electron chi connectivity index (χ4n) is 2.27. The van der Waals surface area contributed by atoms with Crippen molar-refractivity contribution >= 4 is 21.4 Å². The second-order valence-electron chi connectivity index (χ2n) is 4.71. The predicted octanol–water partition coefficient (Wildman–Crippen LogP) is 1.74. The predicted molar refractivity (Wildman–Crippen MR) is 75.5 cm³/mol. The summed E-state index contributed by atoms with van der Waals surface area (Å²) < 4.78 is 24.8. The van der Waals surface area contributed by atoms with Gasteiger partial charge in [-0.3, -0.25) is 0 Å². The fraction of sp³-hybridized carbons (Fsp3) is 0.667. The number of thiophene rings is 1. The molecule has 0 aliphatic carbocycles. The Morgan fingerprint density at radius 2 is 2.33 bits per heavy atom. The van der Waals surface area contributed by atoms with E-state index < -0.39 is 10.0 Å². The molecule has 1 N–H and O–H groups in total. The van der Waals surface area contributed by atoms with Gasteiger partial charge in [0.2, 0.25) is 10.0 Å². The van der Waals surface area contributed by atoms with Crippen molar-refractivity contribution in [2.75, 3.05) is 25.4 Å². The van der Waals surface area contributed by atoms with Gasteiger partial charge in [-0.05, 0) is 37.3 Å². The second kappa shape index (κ2) is 5.69. The van der Waals surface area contributed by atoms with Gasteiger partial charge in [0.05, 0.1) is 5.75 Å². The van der Waals surface area contributed by atoms with Gasteiger partial charge < -0.3 is 5.32 Å². The van der Waals surface area contributed by atoms with Crippen LogP contribution in [-0.4, -0.2) is 38.1 Å². The lowest BCUT2D eigenvalue weighted by molar-refractivity contribution is 0.422. The maximum absolute atomic E-state index is 11.6. The van der Waals surface area contributed by atoms with E-state index in [0.717, 1.165) is 6.42 Å². The maximum atomic E-state index is 11.6. The topological polar surface area (TPSA) is 49.4 Å². The Balaban J connectivity index is 1.81. The molecule has 1 fully saturated rings. The van der Waals surface area contributed by atoms with E-state index >= 15 is 0 Å². The van der Waals surface area contributed by atoms with Gasteiger partial charge >= 0.3 is 0 Å². The molecule has 2 rings (SSSR count). The summed E-state index contributed by atoms with van der Waals surface area (Å²) in [5, 5.41) is 5.49. The third-order valence-corrected chi connectivity index (χ3v) is 6.47. The summed E-state index contributed by atoms with van der Waals surface area (Å²) in [5.74, 6) is 0.312. The molecule has 0 aromatic carbocycles. The van der Waals surface area contributed by atoms with Crippen LogP contribution < -0.4 is 5.32 Å². The SMILES string of the molecule is Cc1ccsc1[C@@H](C)NCCN1CCCS1(=O)=O. The number of hydrogen-bond acceptors (Lipinski definition) is 4. The standard InChI is InChI=1S/C12H20N2O2S2/c1-10-4-8-17-12(10)11(2)13-5-7-14-6-3-9-18(14,15)16/h4,8,11,13H,3,5-7,9H2,1-2H3/t11-/m1/s1. The first-order chi connectivity index (χ1) is 8.50. The van der Waals surface area contributed by atoms with Crippen LogP contribution in [0.4, 0.5) is 0 Å². The first-order valence-corrected chi connectivity index (χ1v) is 8.75. The summed E-state index contributed by atoms with van der Waals surface area (Å²) in [6, 6.07) is 2.40. The van der Waals surface area contributed by atoms with Crippen LogP contribution in [0.1, 0.15) is 29.8 Å². The zero-order valence-corrected chi connectivity index (χ0v) is 12.5. The van der Waals surface area contributed by atoms with E-state index in [0.29, 0.717) is 25.4 Å². The van der Waals surface area contributed by atoms with Crippen LogP contribution in [0.2, 0.25) is 0 Å². The molecule has 2 heterocycles. The van der Waals surface area contributed by atoms with Crippen molar-refractivity contribution in [3.05, 3.63) is 21.9 Å². The summed E-state index contributed by atoms with van der Waals surface area (Å²) in [5.41, 5.74) is 1.30. The normalized spacial score (nSPS) is 21.2. The average molecular weight is 288 g/mol. The van der Waals surface area contributed by atoms with Crippen molar-refractivity contribution in [2.45, 2.75) is 26.3 Å². The number of aryl methyl sites for hydroxylation is 1. The van der Waals surface area contributed by atoms with Gasteiger partial charge in [-0.2, -0.15) is 0 Å². The smallest absolute Gasteiger partial charge is 0.214 e. The molecule has 102 valence electrons. The number of sulfonamides is 1. The van der Waals surface area contributed by atoms with E-state index in [1.54, 1.807) is 15.6 Å². The molecule has 1 aromatic rings. The Hall–Kier alpha value is -0.430. The van der Waals surface area contributed by atoms with Crippen LogP contribution in [0.5, 0.6) is 0 Å². The first kappa shape index (κ1) is 14.0. The first-order valence-electron chi connectivity index (χ1n) is 6.26. The Kier molecular flexibility index (Phi) is 4.42. The van der Waals surface area contributed by atoms with Gasteiger partial charge in [-0.15, -0.1) is 11.3 Å². The van der Waals surface area contributed by atoms with Crippen molar-refractivity contribution in [2.24, 2.45) is 0 Å². The molecule has 0 radical (unpaired) electrons. The third-order valence-electron chi connectivity index (χ3n) is 3.31. The quantitative estimate of drug-likeness (QED) is 0.898. The molecule has 0 saturated carbocycles. The Labute approximate surface area is 113 Å². The van der Waals surface area contributed by atoms with E-state index in [2.05, 4.69) is 30.6 Å². The number of rotatable bonds is 5. The zero-order valence-electron chi connectivity index (χ0n) is 10.8. The molecule has 18 heavy (non-hydrogen) atoms. The number of nitrogens with zero attached hydrogens (tertiary/aromatic N) is 1. The maximum Gasteiger partial charge on any atom is 0.214 e. The van der Waals surface area contributed by atoms with Gasteiger partial charge in [0, 0.05) is 30.6 Å². The summed E-state index contributed by atoms with van der Waals surface area (Å²) >= 11 is 1.75. The second-order valence-corrected chi connectivity index (χ2v) is 7.75. The fourth-order valence-corrected chi connectivity index (χ4v) is 4.76.